The lowest BCUT2D eigenvalue weighted by Crippen LogP contribution is -2.22. The van der Waals surface area contributed by atoms with Gasteiger partial charge in [0.2, 0.25) is 0 Å². The number of hydrogen-bond donors (Lipinski definition) is 2. The molecule has 1 aromatic heterocycles. The lowest BCUT2D eigenvalue weighted by molar-refractivity contribution is -0.384. The third kappa shape index (κ3) is 1.99. The maximum absolute atomic E-state index is 10.9. The van der Waals surface area contributed by atoms with Crippen LogP contribution in [0.15, 0.2) is 18.3 Å². The molecule has 0 spiro atoms. The molecule has 0 bridgehead atoms. The van der Waals surface area contributed by atoms with Crippen LogP contribution in [0.25, 0.3) is 10.9 Å². The normalized spacial score (nSPS) is 23.1. The molecule has 19 heavy (non-hydrogen) atoms. The van der Waals surface area contributed by atoms with Crippen LogP contribution in [-0.4, -0.2) is 15.9 Å². The molecule has 0 radical (unpaired) electrons. The first-order valence-electron chi connectivity index (χ1n) is 6.28. The molecule has 1 aliphatic carbocycles. The van der Waals surface area contributed by atoms with Crippen LogP contribution < -0.4 is 5.73 Å². The van der Waals surface area contributed by atoms with Crippen LogP contribution in [0, 0.1) is 10.1 Å². The van der Waals surface area contributed by atoms with Gasteiger partial charge in [0.15, 0.2) is 0 Å². The fraction of sp³-hybridized carbons (Fsp3) is 0.385. The maximum atomic E-state index is 10.9. The predicted molar refractivity (Wildman–Crippen MR) is 74.5 cm³/mol. The van der Waals surface area contributed by atoms with E-state index in [4.69, 9.17) is 17.3 Å². The Kier molecular flexibility index (Phi) is 2.95. The number of aromatic amines is 1. The van der Waals surface area contributed by atoms with Gasteiger partial charge in [0, 0.05) is 35.7 Å². The zero-order chi connectivity index (χ0) is 13.6. The van der Waals surface area contributed by atoms with Gasteiger partial charge >= 0.3 is 0 Å². The summed E-state index contributed by atoms with van der Waals surface area (Å²) in [5.41, 5.74) is 7.93. The Labute approximate surface area is 114 Å². The number of nitrogens with two attached hydrogens (primary N) is 1. The second kappa shape index (κ2) is 4.51. The number of H-pyrrole nitrogens is 1. The van der Waals surface area contributed by atoms with Gasteiger partial charge in [-0.3, -0.25) is 10.1 Å². The van der Waals surface area contributed by atoms with Gasteiger partial charge in [-0.15, -0.1) is 0 Å². The highest BCUT2D eigenvalue weighted by molar-refractivity contribution is 6.35. The maximum Gasteiger partial charge on any atom is 0.271 e. The second-order valence-corrected chi connectivity index (χ2v) is 5.46. The summed E-state index contributed by atoms with van der Waals surface area (Å²) in [6, 6.07) is 3.08. The van der Waals surface area contributed by atoms with Crippen LogP contribution in [0.2, 0.25) is 5.02 Å². The molecule has 100 valence electrons. The van der Waals surface area contributed by atoms with Crippen LogP contribution >= 0.6 is 11.6 Å². The minimum absolute atomic E-state index is 0.0184. The van der Waals surface area contributed by atoms with E-state index in [9.17, 15) is 10.1 Å². The number of nitro groups is 1. The summed E-state index contributed by atoms with van der Waals surface area (Å²) in [4.78, 5) is 13.6. The van der Waals surface area contributed by atoms with Crippen LogP contribution in [0.4, 0.5) is 5.69 Å². The molecule has 0 aliphatic heterocycles. The first kappa shape index (κ1) is 12.4. The molecule has 2 atom stereocenters. The number of nitrogens with one attached hydrogen (secondary N) is 1. The first-order chi connectivity index (χ1) is 9.08. The van der Waals surface area contributed by atoms with Gasteiger partial charge in [-0.2, -0.15) is 0 Å². The molecular weight excluding hydrogens is 266 g/mol. The van der Waals surface area contributed by atoms with Crippen molar-refractivity contribution in [3.63, 3.8) is 0 Å². The summed E-state index contributed by atoms with van der Waals surface area (Å²) in [5, 5.41) is 12.1. The lowest BCUT2D eigenvalue weighted by Gasteiger charge is -2.14. The van der Waals surface area contributed by atoms with E-state index in [0.717, 1.165) is 35.7 Å². The Hall–Kier alpha value is -1.59. The number of rotatable bonds is 2. The van der Waals surface area contributed by atoms with E-state index in [1.165, 1.54) is 6.07 Å². The Morgan fingerprint density at radius 2 is 2.21 bits per heavy atom. The quantitative estimate of drug-likeness (QED) is 0.653. The fourth-order valence-electron chi connectivity index (χ4n) is 2.98. The number of nitro benzene ring substituents is 1. The summed E-state index contributed by atoms with van der Waals surface area (Å²) < 4.78 is 0. The topological polar surface area (TPSA) is 85.0 Å². The van der Waals surface area contributed by atoms with Crippen LogP contribution in [-0.2, 0) is 0 Å². The van der Waals surface area contributed by atoms with E-state index in [1.807, 2.05) is 6.20 Å². The van der Waals surface area contributed by atoms with Crippen LogP contribution in [0.3, 0.4) is 0 Å². The lowest BCUT2D eigenvalue weighted by atomic mass is 9.94. The van der Waals surface area contributed by atoms with Crippen molar-refractivity contribution in [3.8, 4) is 0 Å². The summed E-state index contributed by atoms with van der Waals surface area (Å²) in [6.45, 7) is 0. The fourth-order valence-corrected chi connectivity index (χ4v) is 3.25. The third-order valence-electron chi connectivity index (χ3n) is 3.94. The number of benzene rings is 1. The standard InChI is InChI=1S/C13H14ClN3O2/c14-11-5-7(17(18)19)4-9-10(6-16-13(9)11)8-2-1-3-12(8)15/h4-6,8,12,16H,1-3,15H2. The van der Waals surface area contributed by atoms with Crippen molar-refractivity contribution in [1.29, 1.82) is 0 Å². The largest absolute Gasteiger partial charge is 0.360 e. The van der Waals surface area contributed by atoms with Crippen molar-refractivity contribution in [2.75, 3.05) is 0 Å². The first-order valence-corrected chi connectivity index (χ1v) is 6.66. The van der Waals surface area contributed by atoms with Gasteiger partial charge in [-0.1, -0.05) is 18.0 Å². The molecule has 1 heterocycles. The molecule has 0 saturated heterocycles. The zero-order valence-electron chi connectivity index (χ0n) is 10.2. The molecular formula is C13H14ClN3O2. The summed E-state index contributed by atoms with van der Waals surface area (Å²) in [6.07, 6.45) is 5.01. The number of fused-ring (bicyclic) bond motifs is 1. The van der Waals surface area contributed by atoms with Crippen molar-refractivity contribution in [2.45, 2.75) is 31.2 Å². The highest BCUT2D eigenvalue weighted by atomic mass is 35.5. The van der Waals surface area contributed by atoms with Crippen molar-refractivity contribution in [3.05, 3.63) is 39.0 Å². The van der Waals surface area contributed by atoms with Crippen molar-refractivity contribution in [2.24, 2.45) is 5.73 Å². The summed E-state index contributed by atoms with van der Waals surface area (Å²) >= 11 is 6.10. The van der Waals surface area contributed by atoms with E-state index >= 15 is 0 Å². The molecule has 5 nitrogen and oxygen atoms in total. The summed E-state index contributed by atoms with van der Waals surface area (Å²) in [7, 11) is 0. The molecule has 6 heteroatoms. The minimum atomic E-state index is -0.420. The molecule has 3 N–H and O–H groups in total. The Balaban J connectivity index is 2.18. The number of aromatic nitrogens is 1. The molecule has 0 amide bonds. The van der Waals surface area contributed by atoms with Crippen LogP contribution in [0.5, 0.6) is 0 Å². The average molecular weight is 280 g/mol. The van der Waals surface area contributed by atoms with E-state index < -0.39 is 4.92 Å². The van der Waals surface area contributed by atoms with E-state index in [2.05, 4.69) is 4.98 Å². The molecule has 3 rings (SSSR count). The third-order valence-corrected chi connectivity index (χ3v) is 4.24. The Morgan fingerprint density at radius 3 is 2.84 bits per heavy atom. The molecule has 1 saturated carbocycles. The monoisotopic (exact) mass is 279 g/mol. The van der Waals surface area contributed by atoms with Crippen LogP contribution in [0.1, 0.15) is 30.7 Å². The van der Waals surface area contributed by atoms with Crippen molar-refractivity contribution >= 4 is 28.2 Å². The molecule has 2 aromatic rings. The highest BCUT2D eigenvalue weighted by Gasteiger charge is 2.28. The van der Waals surface area contributed by atoms with Gasteiger partial charge in [0.1, 0.15) is 0 Å². The SMILES string of the molecule is NC1CCCC1c1c[nH]c2c(Cl)cc([N+](=O)[O-])cc12. The molecule has 2 unspecified atom stereocenters. The van der Waals surface area contributed by atoms with Gasteiger partial charge in [0.05, 0.1) is 15.5 Å². The number of non-ortho nitro benzene ring substituents is 1. The second-order valence-electron chi connectivity index (χ2n) is 5.05. The average Bonchev–Trinajstić information content (AvgIpc) is 2.94. The molecule has 1 aromatic carbocycles. The zero-order valence-corrected chi connectivity index (χ0v) is 11.0. The molecule has 1 aliphatic rings. The smallest absolute Gasteiger partial charge is 0.271 e. The Morgan fingerprint density at radius 1 is 1.42 bits per heavy atom. The van der Waals surface area contributed by atoms with E-state index in [1.54, 1.807) is 6.07 Å². The van der Waals surface area contributed by atoms with Gasteiger partial charge < -0.3 is 10.7 Å². The van der Waals surface area contributed by atoms with Gasteiger partial charge in [-0.05, 0) is 18.4 Å². The Bertz CT molecular complexity index is 653. The van der Waals surface area contributed by atoms with Gasteiger partial charge in [0.25, 0.3) is 5.69 Å². The minimum Gasteiger partial charge on any atom is -0.360 e. The van der Waals surface area contributed by atoms with Gasteiger partial charge in [-0.25, -0.2) is 0 Å². The number of nitrogens with zero attached hydrogens (tertiary/aromatic N) is 1. The predicted octanol–water partition coefficient (Wildman–Crippen LogP) is 3.32. The number of halogens is 1. The highest BCUT2D eigenvalue weighted by Crippen LogP contribution is 2.39. The van der Waals surface area contributed by atoms with Crippen molar-refractivity contribution in [1.82, 2.24) is 4.98 Å². The van der Waals surface area contributed by atoms with Crippen molar-refractivity contribution < 1.29 is 4.92 Å². The number of hydrogen-bond acceptors (Lipinski definition) is 3. The van der Waals surface area contributed by atoms with E-state index in [0.29, 0.717) is 5.02 Å². The summed E-state index contributed by atoms with van der Waals surface area (Å²) in [5.74, 6) is 0.256. The molecule has 1 fully saturated rings. The van der Waals surface area contributed by atoms with E-state index in [-0.39, 0.29) is 17.6 Å².